The number of urea groups is 1. The molecular weight excluding hydrogens is 306 g/mol. The maximum atomic E-state index is 12.9. The number of carbonyl (C=O) groups is 2. The minimum Gasteiger partial charge on any atom is -0.330 e. The minimum absolute atomic E-state index is 0.0783. The molecule has 24 heavy (non-hydrogen) atoms. The molecule has 0 bridgehead atoms. The highest BCUT2D eigenvalue weighted by atomic mass is 16.2. The lowest BCUT2D eigenvalue weighted by Crippen LogP contribution is -2.53. The number of carbonyl (C=O) groups excluding carboxylic acids is 2. The van der Waals surface area contributed by atoms with Crippen LogP contribution in [0.1, 0.15) is 56.7 Å². The molecule has 1 spiro atoms. The van der Waals surface area contributed by atoms with E-state index in [0.717, 1.165) is 31.6 Å². The average molecular weight is 331 g/mol. The van der Waals surface area contributed by atoms with E-state index in [-0.39, 0.29) is 11.9 Å². The third-order valence-corrected chi connectivity index (χ3v) is 5.74. The van der Waals surface area contributed by atoms with Crippen LogP contribution < -0.4 is 10.6 Å². The number of hydrogen-bond donors (Lipinski definition) is 2. The van der Waals surface area contributed by atoms with Gasteiger partial charge in [-0.1, -0.05) is 19.3 Å². The number of piperidine rings is 1. The maximum absolute atomic E-state index is 12.9. The SMILES string of the molecule is O=C1NC2(CCNCC2)C(=O)N1Cc1cncn1C1CCCCC1. The van der Waals surface area contributed by atoms with Gasteiger partial charge in [-0.05, 0) is 38.8 Å². The number of amides is 3. The van der Waals surface area contributed by atoms with Gasteiger partial charge in [-0.25, -0.2) is 9.78 Å². The van der Waals surface area contributed by atoms with E-state index in [1.807, 2.05) is 6.33 Å². The van der Waals surface area contributed by atoms with Crippen molar-refractivity contribution in [2.75, 3.05) is 13.1 Å². The fourth-order valence-corrected chi connectivity index (χ4v) is 4.32. The van der Waals surface area contributed by atoms with E-state index >= 15 is 0 Å². The Morgan fingerprint density at radius 2 is 1.92 bits per heavy atom. The molecule has 0 atom stereocenters. The number of nitrogens with one attached hydrogen (secondary N) is 2. The monoisotopic (exact) mass is 331 g/mol. The van der Waals surface area contributed by atoms with Crippen LogP contribution in [0.15, 0.2) is 12.5 Å². The normalized spacial score (nSPS) is 24.6. The number of imide groups is 1. The second-order valence-corrected chi connectivity index (χ2v) is 7.24. The van der Waals surface area contributed by atoms with E-state index in [1.165, 1.54) is 24.2 Å². The Bertz CT molecular complexity index is 629. The quantitative estimate of drug-likeness (QED) is 0.824. The second kappa shape index (κ2) is 6.20. The number of rotatable bonds is 3. The van der Waals surface area contributed by atoms with Gasteiger partial charge in [-0.3, -0.25) is 9.69 Å². The lowest BCUT2D eigenvalue weighted by Gasteiger charge is -2.31. The van der Waals surface area contributed by atoms with Crippen LogP contribution in [0.3, 0.4) is 0 Å². The molecule has 2 N–H and O–H groups in total. The van der Waals surface area contributed by atoms with Gasteiger partial charge >= 0.3 is 6.03 Å². The molecule has 2 aliphatic heterocycles. The van der Waals surface area contributed by atoms with Crippen LogP contribution in [0.5, 0.6) is 0 Å². The first-order valence-corrected chi connectivity index (χ1v) is 9.05. The molecule has 2 saturated heterocycles. The Balaban J connectivity index is 1.52. The molecular formula is C17H25N5O2. The highest BCUT2D eigenvalue weighted by Gasteiger charge is 2.51. The lowest BCUT2D eigenvalue weighted by molar-refractivity contribution is -0.132. The first-order valence-electron chi connectivity index (χ1n) is 9.05. The summed E-state index contributed by atoms with van der Waals surface area (Å²) in [6, 6.07) is 0.183. The van der Waals surface area contributed by atoms with Gasteiger partial charge in [0.15, 0.2) is 0 Å². The van der Waals surface area contributed by atoms with Gasteiger partial charge in [0.2, 0.25) is 0 Å². The number of imidazole rings is 1. The molecule has 3 aliphatic rings. The molecule has 1 aromatic heterocycles. The smallest absolute Gasteiger partial charge is 0.325 e. The zero-order valence-electron chi connectivity index (χ0n) is 14.0. The molecule has 1 aliphatic carbocycles. The highest BCUT2D eigenvalue weighted by molar-refractivity contribution is 6.07. The standard InChI is InChI=1S/C17H25N5O2/c23-15-17(6-8-18-9-7-17)20-16(24)21(15)11-14-10-19-12-22(14)13-4-2-1-3-5-13/h10,12-13,18H,1-9,11H2,(H,20,24). The van der Waals surface area contributed by atoms with Crippen molar-refractivity contribution in [3.05, 3.63) is 18.2 Å². The second-order valence-electron chi connectivity index (χ2n) is 7.24. The van der Waals surface area contributed by atoms with Crippen molar-refractivity contribution < 1.29 is 9.59 Å². The van der Waals surface area contributed by atoms with Crippen LogP contribution in [0.25, 0.3) is 0 Å². The molecule has 1 saturated carbocycles. The van der Waals surface area contributed by atoms with Gasteiger partial charge in [0.05, 0.1) is 18.6 Å². The van der Waals surface area contributed by atoms with Gasteiger partial charge in [-0.2, -0.15) is 0 Å². The van der Waals surface area contributed by atoms with Gasteiger partial charge in [0.1, 0.15) is 5.54 Å². The average Bonchev–Trinajstić information content (AvgIpc) is 3.16. The molecule has 0 aromatic carbocycles. The van der Waals surface area contributed by atoms with Crippen molar-refractivity contribution in [1.82, 2.24) is 25.1 Å². The number of nitrogens with zero attached hydrogens (tertiary/aromatic N) is 3. The zero-order valence-corrected chi connectivity index (χ0v) is 14.0. The fraction of sp³-hybridized carbons (Fsp3) is 0.706. The van der Waals surface area contributed by atoms with Crippen LogP contribution in [0, 0.1) is 0 Å². The molecule has 1 aromatic rings. The van der Waals surface area contributed by atoms with E-state index < -0.39 is 5.54 Å². The molecule has 3 amide bonds. The van der Waals surface area contributed by atoms with Crippen molar-refractivity contribution in [3.63, 3.8) is 0 Å². The van der Waals surface area contributed by atoms with Crippen LogP contribution >= 0.6 is 0 Å². The Hall–Kier alpha value is -1.89. The highest BCUT2D eigenvalue weighted by Crippen LogP contribution is 2.31. The van der Waals surface area contributed by atoms with E-state index in [2.05, 4.69) is 20.2 Å². The molecule has 130 valence electrons. The number of hydrogen-bond acceptors (Lipinski definition) is 4. The maximum Gasteiger partial charge on any atom is 0.325 e. The third kappa shape index (κ3) is 2.60. The minimum atomic E-state index is -0.696. The van der Waals surface area contributed by atoms with Crippen LogP contribution in [0.2, 0.25) is 0 Å². The predicted molar refractivity (Wildman–Crippen MR) is 88.3 cm³/mol. The first kappa shape index (κ1) is 15.6. The Labute approximate surface area is 141 Å². The lowest BCUT2D eigenvalue weighted by atomic mass is 9.88. The fourth-order valence-electron chi connectivity index (χ4n) is 4.32. The van der Waals surface area contributed by atoms with E-state index in [1.54, 1.807) is 6.20 Å². The first-order chi connectivity index (χ1) is 11.7. The molecule has 7 heteroatoms. The Morgan fingerprint density at radius 3 is 2.67 bits per heavy atom. The van der Waals surface area contributed by atoms with E-state index in [0.29, 0.717) is 25.4 Å². The predicted octanol–water partition coefficient (Wildman–Crippen LogP) is 1.56. The largest absolute Gasteiger partial charge is 0.330 e. The molecule has 4 rings (SSSR count). The molecule has 0 unspecified atom stereocenters. The van der Waals surface area contributed by atoms with Crippen LogP contribution in [0.4, 0.5) is 4.79 Å². The van der Waals surface area contributed by atoms with Crippen molar-refractivity contribution in [2.45, 2.75) is 63.1 Å². The van der Waals surface area contributed by atoms with Gasteiger partial charge in [0.25, 0.3) is 5.91 Å². The van der Waals surface area contributed by atoms with Crippen molar-refractivity contribution in [1.29, 1.82) is 0 Å². The molecule has 3 heterocycles. The van der Waals surface area contributed by atoms with Gasteiger partial charge < -0.3 is 15.2 Å². The Kier molecular flexibility index (Phi) is 4.04. The summed E-state index contributed by atoms with van der Waals surface area (Å²) < 4.78 is 2.17. The summed E-state index contributed by atoms with van der Waals surface area (Å²) in [7, 11) is 0. The van der Waals surface area contributed by atoms with Crippen molar-refractivity contribution in [3.8, 4) is 0 Å². The topological polar surface area (TPSA) is 79.3 Å². The summed E-state index contributed by atoms with van der Waals surface area (Å²) >= 11 is 0. The molecule has 0 radical (unpaired) electrons. The van der Waals surface area contributed by atoms with E-state index in [9.17, 15) is 9.59 Å². The van der Waals surface area contributed by atoms with Gasteiger partial charge in [0, 0.05) is 12.2 Å². The van der Waals surface area contributed by atoms with Crippen LogP contribution in [-0.4, -0.2) is 45.0 Å². The number of aromatic nitrogens is 2. The summed E-state index contributed by atoms with van der Waals surface area (Å²) in [6.45, 7) is 1.84. The van der Waals surface area contributed by atoms with E-state index in [4.69, 9.17) is 0 Å². The third-order valence-electron chi connectivity index (χ3n) is 5.74. The van der Waals surface area contributed by atoms with Crippen LogP contribution in [-0.2, 0) is 11.3 Å². The van der Waals surface area contributed by atoms with Crippen molar-refractivity contribution in [2.24, 2.45) is 0 Å². The van der Waals surface area contributed by atoms with Crippen molar-refractivity contribution >= 4 is 11.9 Å². The summed E-state index contributed by atoms with van der Waals surface area (Å²) in [4.78, 5) is 31.0. The summed E-state index contributed by atoms with van der Waals surface area (Å²) in [5, 5.41) is 6.20. The summed E-state index contributed by atoms with van der Waals surface area (Å²) in [5.74, 6) is -0.0783. The summed E-state index contributed by atoms with van der Waals surface area (Å²) in [6.07, 6.45) is 11.0. The summed E-state index contributed by atoms with van der Waals surface area (Å²) in [5.41, 5.74) is 0.259. The molecule has 3 fully saturated rings. The molecule has 7 nitrogen and oxygen atoms in total. The van der Waals surface area contributed by atoms with Gasteiger partial charge in [-0.15, -0.1) is 0 Å². The Morgan fingerprint density at radius 1 is 1.17 bits per heavy atom. The zero-order chi connectivity index (χ0) is 16.6.